The molecular formula is C26H31F3O. The first kappa shape index (κ1) is 21.3. The first-order valence-corrected chi connectivity index (χ1v) is 11.4. The number of hydrogen-bond donors (Lipinski definition) is 0. The highest BCUT2D eigenvalue weighted by Crippen LogP contribution is 2.50. The van der Waals surface area contributed by atoms with Gasteiger partial charge in [0.05, 0.1) is 5.56 Å². The minimum Gasteiger partial charge on any atom is -0.425 e. The van der Waals surface area contributed by atoms with Gasteiger partial charge in [-0.1, -0.05) is 63.3 Å². The number of alkyl halides is 2. The fourth-order valence-electron chi connectivity index (χ4n) is 5.09. The third kappa shape index (κ3) is 4.10. The van der Waals surface area contributed by atoms with Gasteiger partial charge in [-0.15, -0.1) is 0 Å². The number of fused-ring (bicyclic) bond motifs is 3. The quantitative estimate of drug-likeness (QED) is 0.429. The Balaban J connectivity index is 1.51. The Hall–Kier alpha value is -1.97. The molecule has 0 radical (unpaired) electrons. The molecule has 30 heavy (non-hydrogen) atoms. The summed E-state index contributed by atoms with van der Waals surface area (Å²) in [5.74, 6) is 0.0377. The molecular weight excluding hydrogens is 385 g/mol. The molecule has 0 N–H and O–H groups in total. The van der Waals surface area contributed by atoms with E-state index in [0.717, 1.165) is 24.3 Å². The molecule has 1 aliphatic heterocycles. The molecule has 0 amide bonds. The van der Waals surface area contributed by atoms with Crippen molar-refractivity contribution < 1.29 is 17.9 Å². The third-order valence-electron chi connectivity index (χ3n) is 6.95. The number of rotatable bonds is 6. The molecule has 0 unspecified atom stereocenters. The third-order valence-corrected chi connectivity index (χ3v) is 6.95. The maximum Gasteiger partial charge on any atom is 0.427 e. The smallest absolute Gasteiger partial charge is 0.425 e. The molecule has 162 valence electrons. The average molecular weight is 417 g/mol. The molecule has 1 fully saturated rings. The van der Waals surface area contributed by atoms with E-state index >= 15 is 0 Å². The molecule has 0 saturated heterocycles. The van der Waals surface area contributed by atoms with Crippen molar-refractivity contribution in [2.75, 3.05) is 0 Å². The first-order valence-electron chi connectivity index (χ1n) is 11.4. The van der Waals surface area contributed by atoms with Gasteiger partial charge in [-0.05, 0) is 67.2 Å². The highest BCUT2D eigenvalue weighted by molar-refractivity contribution is 5.77. The summed E-state index contributed by atoms with van der Waals surface area (Å²) in [4.78, 5) is 0. The van der Waals surface area contributed by atoms with Crippen molar-refractivity contribution in [1.29, 1.82) is 0 Å². The standard InChI is InChI=1S/C26H31F3O/c1-3-4-5-6-7-18-9-11-19(12-10-18)20-13-15-21-22-14-8-17(2)24(27)25(22)30-26(28,29)23(21)16-20/h8,13-16,18-19H,3-7,9-12H2,1-2H3. The normalized spacial score (nSPS) is 22.2. The molecule has 0 aromatic heterocycles. The van der Waals surface area contributed by atoms with Crippen LogP contribution in [0.25, 0.3) is 11.1 Å². The van der Waals surface area contributed by atoms with E-state index in [0.29, 0.717) is 22.6 Å². The average Bonchev–Trinajstić information content (AvgIpc) is 2.74. The number of aryl methyl sites for hydroxylation is 1. The molecule has 2 aromatic carbocycles. The second kappa shape index (κ2) is 8.64. The molecule has 0 atom stereocenters. The lowest BCUT2D eigenvalue weighted by atomic mass is 9.76. The van der Waals surface area contributed by atoms with Crippen molar-refractivity contribution in [2.24, 2.45) is 5.92 Å². The topological polar surface area (TPSA) is 9.23 Å². The Bertz CT molecular complexity index is 897. The van der Waals surface area contributed by atoms with E-state index in [4.69, 9.17) is 4.74 Å². The monoisotopic (exact) mass is 416 g/mol. The Labute approximate surface area is 177 Å². The van der Waals surface area contributed by atoms with Crippen molar-refractivity contribution in [2.45, 2.75) is 83.7 Å². The van der Waals surface area contributed by atoms with E-state index in [2.05, 4.69) is 6.92 Å². The predicted octanol–water partition coefficient (Wildman–Crippen LogP) is 8.49. The van der Waals surface area contributed by atoms with Gasteiger partial charge < -0.3 is 4.74 Å². The Kier molecular flexibility index (Phi) is 6.13. The van der Waals surface area contributed by atoms with Gasteiger partial charge >= 0.3 is 6.11 Å². The van der Waals surface area contributed by atoms with Gasteiger partial charge in [0, 0.05) is 5.56 Å². The van der Waals surface area contributed by atoms with Crippen molar-refractivity contribution >= 4 is 0 Å². The summed E-state index contributed by atoms with van der Waals surface area (Å²) in [7, 11) is 0. The van der Waals surface area contributed by atoms with Crippen LogP contribution in [-0.2, 0) is 6.11 Å². The van der Waals surface area contributed by atoms with Gasteiger partial charge in [0.2, 0.25) is 0 Å². The summed E-state index contributed by atoms with van der Waals surface area (Å²) >= 11 is 0. The molecule has 2 aliphatic rings. The molecule has 1 aliphatic carbocycles. The van der Waals surface area contributed by atoms with Crippen LogP contribution in [0.3, 0.4) is 0 Å². The minimum atomic E-state index is -3.52. The van der Waals surface area contributed by atoms with Gasteiger partial charge in [-0.3, -0.25) is 0 Å². The van der Waals surface area contributed by atoms with Crippen molar-refractivity contribution in [1.82, 2.24) is 0 Å². The van der Waals surface area contributed by atoms with Crippen LogP contribution in [0.5, 0.6) is 5.75 Å². The lowest BCUT2D eigenvalue weighted by Crippen LogP contribution is -2.27. The van der Waals surface area contributed by atoms with E-state index < -0.39 is 11.9 Å². The fourth-order valence-corrected chi connectivity index (χ4v) is 5.09. The second-order valence-electron chi connectivity index (χ2n) is 9.06. The Morgan fingerprint density at radius 1 is 0.967 bits per heavy atom. The lowest BCUT2D eigenvalue weighted by molar-refractivity contribution is -0.188. The van der Waals surface area contributed by atoms with Crippen LogP contribution in [0.2, 0.25) is 0 Å². The van der Waals surface area contributed by atoms with Crippen LogP contribution in [-0.4, -0.2) is 0 Å². The van der Waals surface area contributed by atoms with E-state index in [1.807, 2.05) is 6.07 Å². The van der Waals surface area contributed by atoms with E-state index in [9.17, 15) is 13.2 Å². The molecule has 4 rings (SSSR count). The van der Waals surface area contributed by atoms with Crippen LogP contribution < -0.4 is 4.74 Å². The summed E-state index contributed by atoms with van der Waals surface area (Å²) < 4.78 is 48.9. The second-order valence-corrected chi connectivity index (χ2v) is 9.06. The minimum absolute atomic E-state index is 0.141. The fraction of sp³-hybridized carbons (Fsp3) is 0.538. The van der Waals surface area contributed by atoms with Gasteiger partial charge in [0.25, 0.3) is 0 Å². The van der Waals surface area contributed by atoms with Gasteiger partial charge in [0.15, 0.2) is 11.6 Å². The van der Waals surface area contributed by atoms with Crippen LogP contribution in [0.1, 0.15) is 87.3 Å². The lowest BCUT2D eigenvalue weighted by Gasteiger charge is -2.32. The number of hydrogen-bond acceptors (Lipinski definition) is 1. The number of ether oxygens (including phenoxy) is 1. The van der Waals surface area contributed by atoms with Crippen molar-refractivity contribution in [3.63, 3.8) is 0 Å². The first-order chi connectivity index (χ1) is 14.4. The number of benzene rings is 2. The summed E-state index contributed by atoms with van der Waals surface area (Å²) in [5.41, 5.74) is 1.89. The van der Waals surface area contributed by atoms with Crippen LogP contribution >= 0.6 is 0 Å². The summed E-state index contributed by atoms with van der Waals surface area (Å²) in [6.45, 7) is 3.78. The van der Waals surface area contributed by atoms with Crippen LogP contribution in [0.4, 0.5) is 13.2 Å². The molecule has 0 bridgehead atoms. The molecule has 2 aromatic rings. The zero-order valence-electron chi connectivity index (χ0n) is 17.9. The highest BCUT2D eigenvalue weighted by atomic mass is 19.3. The molecule has 1 heterocycles. The summed E-state index contributed by atoms with van der Waals surface area (Å²) in [6, 6.07) is 8.56. The highest BCUT2D eigenvalue weighted by Gasteiger charge is 2.43. The largest absolute Gasteiger partial charge is 0.427 e. The van der Waals surface area contributed by atoms with Crippen molar-refractivity contribution in [3.8, 4) is 16.9 Å². The van der Waals surface area contributed by atoms with Crippen molar-refractivity contribution in [3.05, 3.63) is 52.8 Å². The summed E-state index contributed by atoms with van der Waals surface area (Å²) in [6.07, 6.45) is 7.42. The van der Waals surface area contributed by atoms with Gasteiger partial charge in [0.1, 0.15) is 0 Å². The van der Waals surface area contributed by atoms with E-state index in [-0.39, 0.29) is 11.3 Å². The zero-order chi connectivity index (χ0) is 21.3. The van der Waals surface area contributed by atoms with E-state index in [1.54, 1.807) is 31.2 Å². The van der Waals surface area contributed by atoms with Gasteiger partial charge in [-0.25, -0.2) is 4.39 Å². The Morgan fingerprint density at radius 3 is 2.43 bits per heavy atom. The zero-order valence-corrected chi connectivity index (χ0v) is 17.9. The molecule has 0 spiro atoms. The maximum atomic E-state index is 14.8. The van der Waals surface area contributed by atoms with Crippen LogP contribution in [0.15, 0.2) is 30.3 Å². The van der Waals surface area contributed by atoms with Gasteiger partial charge in [-0.2, -0.15) is 8.78 Å². The molecule has 4 heteroatoms. The molecule has 1 saturated carbocycles. The summed E-state index contributed by atoms with van der Waals surface area (Å²) in [5, 5.41) is 0. The number of halogens is 3. The SMILES string of the molecule is CCCCCCC1CCC(c2ccc3c(c2)C(F)(F)Oc2c-3ccc(C)c2F)CC1. The van der Waals surface area contributed by atoms with Crippen LogP contribution in [0, 0.1) is 18.7 Å². The predicted molar refractivity (Wildman–Crippen MR) is 115 cm³/mol. The number of unbranched alkanes of at least 4 members (excludes halogenated alkanes) is 3. The molecule has 1 nitrogen and oxygen atoms in total. The maximum absolute atomic E-state index is 14.8. The van der Waals surface area contributed by atoms with E-state index in [1.165, 1.54) is 44.9 Å². The Morgan fingerprint density at radius 2 is 1.70 bits per heavy atom.